The Balaban J connectivity index is 1.57. The third kappa shape index (κ3) is 3.32. The highest BCUT2D eigenvalue weighted by atomic mass is 16.4. The van der Waals surface area contributed by atoms with E-state index in [1.807, 2.05) is 0 Å². The molecule has 112 valence electrons. The van der Waals surface area contributed by atoms with Gasteiger partial charge in [-0.2, -0.15) is 0 Å². The molecule has 0 saturated heterocycles. The molecule has 1 aromatic rings. The number of pyridine rings is 1. The number of carbonyl (C=O) groups excluding carboxylic acids is 1. The van der Waals surface area contributed by atoms with Crippen LogP contribution in [0.5, 0.6) is 0 Å². The Morgan fingerprint density at radius 3 is 2.52 bits per heavy atom. The van der Waals surface area contributed by atoms with Crippen LogP contribution in [0.15, 0.2) is 23.5 Å². The van der Waals surface area contributed by atoms with Crippen LogP contribution >= 0.6 is 0 Å². The molecule has 0 aliphatic heterocycles. The van der Waals surface area contributed by atoms with Crippen LogP contribution < -0.4 is 11.1 Å². The Labute approximate surface area is 123 Å². The van der Waals surface area contributed by atoms with Gasteiger partial charge in [-0.1, -0.05) is 5.16 Å². The summed E-state index contributed by atoms with van der Waals surface area (Å²) in [6.45, 7) is 0.748. The van der Waals surface area contributed by atoms with Crippen LogP contribution in [-0.4, -0.2) is 28.5 Å². The van der Waals surface area contributed by atoms with E-state index < -0.39 is 0 Å². The zero-order valence-corrected chi connectivity index (χ0v) is 11.8. The number of amidine groups is 1. The number of aromatic nitrogens is 1. The summed E-state index contributed by atoms with van der Waals surface area (Å²) in [5, 5.41) is 14.5. The molecule has 1 aromatic heterocycles. The fraction of sp³-hybridized carbons (Fsp3) is 0.533. The van der Waals surface area contributed by atoms with Crippen molar-refractivity contribution in [1.82, 2.24) is 10.3 Å². The molecule has 0 atom stereocenters. The quantitative estimate of drug-likeness (QED) is 0.318. The van der Waals surface area contributed by atoms with Gasteiger partial charge in [0.1, 0.15) is 5.69 Å². The molecule has 4 N–H and O–H groups in total. The van der Waals surface area contributed by atoms with Crippen molar-refractivity contribution in [3.05, 3.63) is 29.6 Å². The minimum Gasteiger partial charge on any atom is -0.409 e. The van der Waals surface area contributed by atoms with Crippen LogP contribution in [0.25, 0.3) is 0 Å². The second-order valence-electron chi connectivity index (χ2n) is 5.97. The van der Waals surface area contributed by atoms with E-state index in [1.165, 1.54) is 31.9 Å². The van der Waals surface area contributed by atoms with Crippen molar-refractivity contribution in [2.75, 3.05) is 6.54 Å². The first kappa shape index (κ1) is 13.9. The van der Waals surface area contributed by atoms with E-state index in [2.05, 4.69) is 15.5 Å². The third-order valence-corrected chi connectivity index (χ3v) is 4.35. The highest BCUT2D eigenvalue weighted by molar-refractivity contribution is 5.98. The smallest absolute Gasteiger partial charge is 0.269 e. The van der Waals surface area contributed by atoms with Crippen molar-refractivity contribution in [1.29, 1.82) is 0 Å². The summed E-state index contributed by atoms with van der Waals surface area (Å²) >= 11 is 0. The normalized spacial score (nSPS) is 18.8. The number of nitrogens with one attached hydrogen (secondary N) is 1. The lowest BCUT2D eigenvalue weighted by atomic mass is 9.98. The summed E-state index contributed by atoms with van der Waals surface area (Å²) in [4.78, 5) is 16.2. The summed E-state index contributed by atoms with van der Waals surface area (Å²) in [5.41, 5.74) is 6.30. The third-order valence-electron chi connectivity index (χ3n) is 4.35. The molecule has 0 unspecified atom stereocenters. The second kappa shape index (κ2) is 5.71. The van der Waals surface area contributed by atoms with Crippen LogP contribution in [0, 0.1) is 17.8 Å². The zero-order chi connectivity index (χ0) is 14.8. The maximum Gasteiger partial charge on any atom is 0.269 e. The van der Waals surface area contributed by atoms with Crippen molar-refractivity contribution in [3.63, 3.8) is 0 Å². The summed E-state index contributed by atoms with van der Waals surface area (Å²) in [5.74, 6) is 2.09. The fourth-order valence-electron chi connectivity index (χ4n) is 2.81. The number of carbonyl (C=O) groups is 1. The molecule has 3 rings (SSSR count). The minimum absolute atomic E-state index is 0.0167. The maximum absolute atomic E-state index is 12.1. The Kier molecular flexibility index (Phi) is 3.77. The molecule has 2 saturated carbocycles. The maximum atomic E-state index is 12.1. The fourth-order valence-corrected chi connectivity index (χ4v) is 2.81. The zero-order valence-electron chi connectivity index (χ0n) is 11.8. The van der Waals surface area contributed by atoms with Gasteiger partial charge in [0.15, 0.2) is 5.84 Å². The van der Waals surface area contributed by atoms with Crippen molar-refractivity contribution in [2.24, 2.45) is 28.6 Å². The van der Waals surface area contributed by atoms with Gasteiger partial charge in [-0.15, -0.1) is 0 Å². The molecule has 0 spiro atoms. The number of hydrogen-bond acceptors (Lipinski definition) is 4. The topological polar surface area (TPSA) is 101 Å². The largest absolute Gasteiger partial charge is 0.409 e. The predicted octanol–water partition coefficient (Wildman–Crippen LogP) is 1.34. The van der Waals surface area contributed by atoms with E-state index in [-0.39, 0.29) is 11.7 Å². The highest BCUT2D eigenvalue weighted by Crippen LogP contribution is 2.48. The van der Waals surface area contributed by atoms with Gasteiger partial charge in [0.05, 0.1) is 0 Å². The van der Waals surface area contributed by atoms with E-state index in [0.29, 0.717) is 17.2 Å². The van der Waals surface area contributed by atoms with Gasteiger partial charge < -0.3 is 16.3 Å². The predicted molar refractivity (Wildman–Crippen MR) is 78.0 cm³/mol. The highest BCUT2D eigenvalue weighted by Gasteiger charge is 2.41. The number of hydrogen-bond donors (Lipinski definition) is 3. The van der Waals surface area contributed by atoms with Crippen LogP contribution in [0.1, 0.15) is 41.7 Å². The van der Waals surface area contributed by atoms with Gasteiger partial charge in [-0.25, -0.2) is 0 Å². The van der Waals surface area contributed by atoms with Crippen molar-refractivity contribution < 1.29 is 10.0 Å². The van der Waals surface area contributed by atoms with Crippen LogP contribution in [0.4, 0.5) is 0 Å². The Hall–Kier alpha value is -2.11. The van der Waals surface area contributed by atoms with E-state index in [4.69, 9.17) is 10.9 Å². The van der Waals surface area contributed by atoms with E-state index in [9.17, 15) is 4.79 Å². The van der Waals surface area contributed by atoms with Crippen LogP contribution in [0.3, 0.4) is 0 Å². The first-order chi connectivity index (χ1) is 10.2. The van der Waals surface area contributed by atoms with Gasteiger partial charge in [0, 0.05) is 18.3 Å². The molecule has 1 amide bonds. The van der Waals surface area contributed by atoms with Crippen molar-refractivity contribution >= 4 is 11.7 Å². The first-order valence-electron chi connectivity index (χ1n) is 7.41. The van der Waals surface area contributed by atoms with Gasteiger partial charge in [0.2, 0.25) is 0 Å². The van der Waals surface area contributed by atoms with E-state index in [1.54, 1.807) is 12.1 Å². The molecule has 2 aliphatic rings. The van der Waals surface area contributed by atoms with Crippen LogP contribution in [-0.2, 0) is 0 Å². The lowest BCUT2D eigenvalue weighted by Gasteiger charge is -2.16. The van der Waals surface area contributed by atoms with Gasteiger partial charge in [-0.3, -0.25) is 9.78 Å². The van der Waals surface area contributed by atoms with E-state index in [0.717, 1.165) is 18.4 Å². The van der Waals surface area contributed by atoms with Crippen molar-refractivity contribution in [2.45, 2.75) is 25.7 Å². The molecule has 21 heavy (non-hydrogen) atoms. The molecular formula is C15H20N4O2. The average Bonchev–Trinajstić information content (AvgIpc) is 3.39. The SMILES string of the molecule is NC(=NO)c1ccc(C(=O)NCC(C2CC2)C2CC2)nc1. The lowest BCUT2D eigenvalue weighted by Crippen LogP contribution is -2.31. The molecular weight excluding hydrogens is 268 g/mol. The second-order valence-corrected chi connectivity index (χ2v) is 5.97. The summed E-state index contributed by atoms with van der Waals surface area (Å²) in [7, 11) is 0. The van der Waals surface area contributed by atoms with Crippen molar-refractivity contribution in [3.8, 4) is 0 Å². The summed E-state index contributed by atoms with van der Waals surface area (Å²) in [6.07, 6.45) is 6.67. The van der Waals surface area contributed by atoms with Gasteiger partial charge in [-0.05, 0) is 55.6 Å². The Morgan fingerprint density at radius 2 is 2.05 bits per heavy atom. The Bertz CT molecular complexity index is 535. The molecule has 1 heterocycles. The number of rotatable bonds is 6. The molecule has 6 heteroatoms. The number of nitrogens with two attached hydrogens (primary N) is 1. The molecule has 0 bridgehead atoms. The minimum atomic E-state index is -0.160. The van der Waals surface area contributed by atoms with Gasteiger partial charge in [0.25, 0.3) is 5.91 Å². The number of oxime groups is 1. The summed E-state index contributed by atoms with van der Waals surface area (Å²) in [6, 6.07) is 3.21. The molecule has 6 nitrogen and oxygen atoms in total. The molecule has 0 aromatic carbocycles. The lowest BCUT2D eigenvalue weighted by molar-refractivity contribution is 0.0938. The number of amides is 1. The molecule has 2 fully saturated rings. The standard InChI is InChI=1S/C15H20N4O2/c16-14(19-21)11-5-6-13(17-7-11)15(20)18-8-12(9-1-2-9)10-3-4-10/h5-7,9-10,12,21H,1-4,8H2,(H2,16,19)(H,18,20). The van der Waals surface area contributed by atoms with Crippen LogP contribution in [0.2, 0.25) is 0 Å². The first-order valence-corrected chi connectivity index (χ1v) is 7.41. The Morgan fingerprint density at radius 1 is 1.38 bits per heavy atom. The summed E-state index contributed by atoms with van der Waals surface area (Å²) < 4.78 is 0. The van der Waals surface area contributed by atoms with E-state index >= 15 is 0 Å². The molecule has 0 radical (unpaired) electrons. The average molecular weight is 288 g/mol. The monoisotopic (exact) mass is 288 g/mol. The molecule has 2 aliphatic carbocycles. The number of nitrogens with zero attached hydrogens (tertiary/aromatic N) is 2. The van der Waals surface area contributed by atoms with Gasteiger partial charge >= 0.3 is 0 Å².